The lowest BCUT2D eigenvalue weighted by molar-refractivity contribution is 0.0952. The number of rotatable bonds is 7. The van der Waals surface area contributed by atoms with Crippen molar-refractivity contribution in [3.8, 4) is 16.9 Å². The maximum absolute atomic E-state index is 12.7. The molecule has 2 heterocycles. The van der Waals surface area contributed by atoms with Gasteiger partial charge in [0.05, 0.1) is 5.69 Å². The molecule has 1 amide bonds. The second-order valence-electron chi connectivity index (χ2n) is 9.47. The van der Waals surface area contributed by atoms with E-state index in [1.807, 2.05) is 12.1 Å². The number of hydrogen-bond donors (Lipinski definition) is 1. The highest BCUT2D eigenvalue weighted by Crippen LogP contribution is 2.33. The number of fused-ring (bicyclic) bond motifs is 1. The molecule has 1 N–H and O–H groups in total. The lowest BCUT2D eigenvalue weighted by atomic mass is 10.1. The first-order valence-electron chi connectivity index (χ1n) is 12.7. The third kappa shape index (κ3) is 5.06. The molecule has 0 bridgehead atoms. The first kappa shape index (κ1) is 22.0. The molecule has 33 heavy (non-hydrogen) atoms. The molecule has 4 nitrogen and oxygen atoms in total. The first-order valence-corrected chi connectivity index (χ1v) is 12.7. The number of nitrogens with one attached hydrogen (secondary N) is 1. The predicted octanol–water partition coefficient (Wildman–Crippen LogP) is 5.63. The quantitative estimate of drug-likeness (QED) is 0.381. The maximum Gasteiger partial charge on any atom is 0.251 e. The van der Waals surface area contributed by atoms with Crippen LogP contribution in [0.4, 0.5) is 0 Å². The molecule has 1 aliphatic heterocycles. The first-order chi connectivity index (χ1) is 16.3. The van der Waals surface area contributed by atoms with Crippen molar-refractivity contribution >= 4 is 5.91 Å². The molecular formula is C29H35N3O. The van der Waals surface area contributed by atoms with Crippen LogP contribution in [0.25, 0.3) is 16.9 Å². The van der Waals surface area contributed by atoms with E-state index in [1.54, 1.807) is 0 Å². The zero-order chi connectivity index (χ0) is 22.5. The molecule has 3 aromatic rings. The van der Waals surface area contributed by atoms with Gasteiger partial charge in [0, 0.05) is 23.5 Å². The molecule has 1 saturated heterocycles. The zero-order valence-corrected chi connectivity index (χ0v) is 19.6. The zero-order valence-electron chi connectivity index (χ0n) is 19.6. The summed E-state index contributed by atoms with van der Waals surface area (Å²) in [7, 11) is 0. The molecule has 0 spiro atoms. The topological polar surface area (TPSA) is 37.3 Å². The van der Waals surface area contributed by atoms with Gasteiger partial charge >= 0.3 is 0 Å². The van der Waals surface area contributed by atoms with E-state index in [9.17, 15) is 4.79 Å². The molecule has 0 radical (unpaired) electrons. The third-order valence-corrected chi connectivity index (χ3v) is 7.14. The molecule has 0 saturated carbocycles. The number of carbonyl (C=O) groups is 1. The molecule has 0 atom stereocenters. The van der Waals surface area contributed by atoms with E-state index in [0.29, 0.717) is 0 Å². The Kier molecular flexibility index (Phi) is 6.92. The second-order valence-corrected chi connectivity index (χ2v) is 9.47. The van der Waals surface area contributed by atoms with E-state index < -0.39 is 0 Å². The molecule has 2 aliphatic rings. The van der Waals surface area contributed by atoms with E-state index in [4.69, 9.17) is 0 Å². The molecule has 4 heteroatoms. The van der Waals surface area contributed by atoms with Crippen LogP contribution in [0.5, 0.6) is 0 Å². The molecule has 2 aromatic carbocycles. The minimum Gasteiger partial charge on any atom is -0.352 e. The van der Waals surface area contributed by atoms with Crippen LogP contribution >= 0.6 is 0 Å². The number of benzene rings is 2. The standard InChI is InChI=1S/C29H35N3O/c33-29(30-18-9-21-31-19-7-8-20-31)24-14-16-26(17-15-24)32-27-13-6-2-5-12-25(27)22-28(32)23-10-3-1-4-11-23/h1,3-4,10-11,14-17,22H,2,5-9,12-13,18-21H2,(H,30,33). The Morgan fingerprint density at radius 2 is 1.61 bits per heavy atom. The lowest BCUT2D eigenvalue weighted by Crippen LogP contribution is -2.28. The average Bonchev–Trinajstić information content (AvgIpc) is 3.44. The minimum atomic E-state index is 0.0255. The smallest absolute Gasteiger partial charge is 0.251 e. The lowest BCUT2D eigenvalue weighted by Gasteiger charge is -2.15. The maximum atomic E-state index is 12.7. The third-order valence-electron chi connectivity index (χ3n) is 7.14. The van der Waals surface area contributed by atoms with Crippen molar-refractivity contribution in [3.05, 3.63) is 77.5 Å². The highest BCUT2D eigenvalue weighted by atomic mass is 16.1. The van der Waals surface area contributed by atoms with Crippen molar-refractivity contribution in [1.29, 1.82) is 0 Å². The Balaban J connectivity index is 1.33. The monoisotopic (exact) mass is 441 g/mol. The average molecular weight is 442 g/mol. The van der Waals surface area contributed by atoms with Crippen LogP contribution in [0.1, 0.15) is 60.1 Å². The fourth-order valence-electron chi connectivity index (χ4n) is 5.37. The summed E-state index contributed by atoms with van der Waals surface area (Å²) in [5.74, 6) is 0.0255. The van der Waals surface area contributed by atoms with Crippen LogP contribution < -0.4 is 5.32 Å². The van der Waals surface area contributed by atoms with Gasteiger partial charge in [0.2, 0.25) is 0 Å². The van der Waals surface area contributed by atoms with Crippen LogP contribution in [-0.4, -0.2) is 41.6 Å². The number of aryl methyl sites for hydroxylation is 1. The second kappa shape index (κ2) is 10.4. The Hall–Kier alpha value is -2.85. The molecule has 1 aliphatic carbocycles. The number of nitrogens with zero attached hydrogens (tertiary/aromatic N) is 2. The molecule has 1 fully saturated rings. The van der Waals surface area contributed by atoms with Gasteiger partial charge < -0.3 is 14.8 Å². The fraction of sp³-hybridized carbons (Fsp3) is 0.414. The predicted molar refractivity (Wildman–Crippen MR) is 135 cm³/mol. The number of hydrogen-bond acceptors (Lipinski definition) is 2. The molecule has 172 valence electrons. The summed E-state index contributed by atoms with van der Waals surface area (Å²) in [5, 5.41) is 3.10. The summed E-state index contributed by atoms with van der Waals surface area (Å²) in [6.07, 6.45) is 9.71. The Morgan fingerprint density at radius 3 is 2.39 bits per heavy atom. The number of aromatic nitrogens is 1. The SMILES string of the molecule is O=C(NCCCN1CCCC1)c1ccc(-n2c(-c3ccccc3)cc3c2CCCCC3)cc1. The van der Waals surface area contributed by atoms with Gasteiger partial charge in [-0.15, -0.1) is 0 Å². The van der Waals surface area contributed by atoms with Crippen LogP contribution in [0.3, 0.4) is 0 Å². The van der Waals surface area contributed by atoms with Crippen molar-refractivity contribution in [2.24, 2.45) is 0 Å². The van der Waals surface area contributed by atoms with Crippen molar-refractivity contribution in [2.45, 2.75) is 51.4 Å². The Bertz CT molecular complexity index is 1060. The van der Waals surface area contributed by atoms with Gasteiger partial charge in [-0.3, -0.25) is 4.79 Å². The summed E-state index contributed by atoms with van der Waals surface area (Å²) in [6, 6.07) is 21.2. The normalized spacial score (nSPS) is 16.4. The van der Waals surface area contributed by atoms with E-state index in [2.05, 4.69) is 63.3 Å². The Morgan fingerprint density at radius 1 is 0.848 bits per heavy atom. The van der Waals surface area contributed by atoms with E-state index in [0.717, 1.165) is 43.6 Å². The fourth-order valence-corrected chi connectivity index (χ4v) is 5.37. The van der Waals surface area contributed by atoms with Crippen LogP contribution in [0.15, 0.2) is 60.7 Å². The minimum absolute atomic E-state index is 0.0255. The molecule has 5 rings (SSSR count). The van der Waals surface area contributed by atoms with Gasteiger partial charge in [-0.1, -0.05) is 36.8 Å². The summed E-state index contributed by atoms with van der Waals surface area (Å²) < 4.78 is 2.42. The summed E-state index contributed by atoms with van der Waals surface area (Å²) >= 11 is 0. The highest BCUT2D eigenvalue weighted by Gasteiger charge is 2.19. The van der Waals surface area contributed by atoms with E-state index in [1.165, 1.54) is 67.7 Å². The van der Waals surface area contributed by atoms with Crippen LogP contribution in [0, 0.1) is 0 Å². The van der Waals surface area contributed by atoms with Crippen molar-refractivity contribution in [1.82, 2.24) is 14.8 Å². The summed E-state index contributed by atoms with van der Waals surface area (Å²) in [5.41, 5.74) is 7.28. The van der Waals surface area contributed by atoms with E-state index in [-0.39, 0.29) is 5.91 Å². The van der Waals surface area contributed by atoms with Crippen molar-refractivity contribution in [3.63, 3.8) is 0 Å². The highest BCUT2D eigenvalue weighted by molar-refractivity contribution is 5.94. The van der Waals surface area contributed by atoms with E-state index >= 15 is 0 Å². The summed E-state index contributed by atoms with van der Waals surface area (Å²) in [4.78, 5) is 15.2. The van der Waals surface area contributed by atoms with Crippen molar-refractivity contribution < 1.29 is 4.79 Å². The number of carbonyl (C=O) groups excluding carboxylic acids is 1. The van der Waals surface area contributed by atoms with Gasteiger partial charge in [0.25, 0.3) is 5.91 Å². The van der Waals surface area contributed by atoms with Crippen LogP contribution in [-0.2, 0) is 12.8 Å². The van der Waals surface area contributed by atoms with Crippen molar-refractivity contribution in [2.75, 3.05) is 26.2 Å². The van der Waals surface area contributed by atoms with Gasteiger partial charge in [-0.2, -0.15) is 0 Å². The largest absolute Gasteiger partial charge is 0.352 e. The van der Waals surface area contributed by atoms with Crippen LogP contribution in [0.2, 0.25) is 0 Å². The Labute approximate surface area is 197 Å². The van der Waals surface area contributed by atoms with Gasteiger partial charge in [0.15, 0.2) is 0 Å². The molecular weight excluding hydrogens is 406 g/mol. The van der Waals surface area contributed by atoms with Gasteiger partial charge in [-0.05, 0) is 106 Å². The molecule has 0 unspecified atom stereocenters. The van der Waals surface area contributed by atoms with Gasteiger partial charge in [0.1, 0.15) is 0 Å². The summed E-state index contributed by atoms with van der Waals surface area (Å²) in [6.45, 7) is 4.24. The number of likely N-dealkylation sites (tertiary alicyclic amines) is 1. The molecule has 1 aromatic heterocycles. The van der Waals surface area contributed by atoms with Gasteiger partial charge in [-0.25, -0.2) is 0 Å². The number of amides is 1.